The van der Waals surface area contributed by atoms with Crippen molar-refractivity contribution in [3.8, 4) is 5.75 Å². The van der Waals surface area contributed by atoms with Crippen molar-refractivity contribution in [3.63, 3.8) is 0 Å². The lowest BCUT2D eigenvalue weighted by molar-refractivity contribution is 0.153. The zero-order valence-electron chi connectivity index (χ0n) is 17.4. The van der Waals surface area contributed by atoms with E-state index < -0.39 is 0 Å². The lowest BCUT2D eigenvalue weighted by Gasteiger charge is -2.13. The number of hydrogen-bond donors (Lipinski definition) is 2. The number of aryl methyl sites for hydroxylation is 2. The lowest BCUT2D eigenvalue weighted by Crippen LogP contribution is -2.05. The average molecular weight is 361 g/mol. The number of hydrogen-bond acceptors (Lipinski definition) is 2. The Morgan fingerprint density at radius 2 is 1.58 bits per heavy atom. The molecule has 1 aromatic carbocycles. The predicted octanol–water partition coefficient (Wildman–Crippen LogP) is 6.19. The summed E-state index contributed by atoms with van der Waals surface area (Å²) >= 11 is 0. The summed E-state index contributed by atoms with van der Waals surface area (Å²) < 4.78 is 0. The van der Waals surface area contributed by atoms with Crippen LogP contribution < -0.4 is 0 Å². The first-order valence-corrected chi connectivity index (χ1v) is 11.0. The summed E-state index contributed by atoms with van der Waals surface area (Å²) in [5.74, 6) is 2.98. The molecule has 0 heterocycles. The molecular formula is C24H40O2. The maximum absolute atomic E-state index is 10.2. The standard InChI is InChI=1S/C17H28O.C7H12O/c1-4-6-8-10-15-13-12-14(3)17(18)16(15)11-9-7-5-2;1-4-2-7(8)6-3-5(4)6/h12-13,18H,4-11H2,1-3H3;4-8H,2-3H2,1H3. The van der Waals surface area contributed by atoms with Crippen molar-refractivity contribution < 1.29 is 10.2 Å². The summed E-state index contributed by atoms with van der Waals surface area (Å²) in [5.41, 5.74) is 3.59. The van der Waals surface area contributed by atoms with Crippen molar-refractivity contribution in [2.45, 2.75) is 98.0 Å². The topological polar surface area (TPSA) is 40.5 Å². The Labute approximate surface area is 161 Å². The molecule has 2 aliphatic carbocycles. The van der Waals surface area contributed by atoms with Crippen LogP contribution in [0.15, 0.2) is 12.1 Å². The van der Waals surface area contributed by atoms with Crippen LogP contribution in [0.1, 0.15) is 88.8 Å². The summed E-state index contributed by atoms with van der Waals surface area (Å²) in [7, 11) is 0. The Kier molecular flexibility index (Phi) is 8.47. The van der Waals surface area contributed by atoms with Crippen LogP contribution in [0.25, 0.3) is 0 Å². The van der Waals surface area contributed by atoms with E-state index in [0.717, 1.165) is 36.7 Å². The van der Waals surface area contributed by atoms with Gasteiger partial charge in [0.1, 0.15) is 5.75 Å². The molecule has 2 nitrogen and oxygen atoms in total. The third-order valence-corrected chi connectivity index (χ3v) is 6.39. The summed E-state index contributed by atoms with van der Waals surface area (Å²) in [5, 5.41) is 19.4. The minimum Gasteiger partial charge on any atom is -0.507 e. The Hall–Kier alpha value is -1.02. The second-order valence-electron chi connectivity index (χ2n) is 8.63. The molecule has 3 rings (SSSR count). The molecular weight excluding hydrogens is 320 g/mol. The molecule has 2 aliphatic rings. The third kappa shape index (κ3) is 5.74. The van der Waals surface area contributed by atoms with Gasteiger partial charge in [-0.3, -0.25) is 0 Å². The van der Waals surface area contributed by atoms with E-state index in [4.69, 9.17) is 0 Å². The molecule has 2 fully saturated rings. The molecule has 0 radical (unpaired) electrons. The van der Waals surface area contributed by atoms with Crippen LogP contribution in [-0.2, 0) is 12.8 Å². The maximum atomic E-state index is 10.2. The second kappa shape index (κ2) is 10.3. The fraction of sp³-hybridized carbons (Fsp3) is 0.750. The monoisotopic (exact) mass is 360 g/mol. The highest BCUT2D eigenvalue weighted by Crippen LogP contribution is 2.54. The zero-order valence-corrected chi connectivity index (χ0v) is 17.4. The van der Waals surface area contributed by atoms with E-state index in [1.165, 1.54) is 56.1 Å². The van der Waals surface area contributed by atoms with Crippen LogP contribution >= 0.6 is 0 Å². The van der Waals surface area contributed by atoms with Crippen molar-refractivity contribution >= 4 is 0 Å². The largest absolute Gasteiger partial charge is 0.507 e. The highest BCUT2D eigenvalue weighted by Gasteiger charge is 2.51. The molecule has 4 atom stereocenters. The highest BCUT2D eigenvalue weighted by molar-refractivity contribution is 5.45. The zero-order chi connectivity index (χ0) is 19.1. The summed E-state index contributed by atoms with van der Waals surface area (Å²) in [6.07, 6.45) is 12.0. The smallest absolute Gasteiger partial charge is 0.121 e. The number of phenolic OH excluding ortho intramolecular Hbond substituents is 1. The van der Waals surface area contributed by atoms with Crippen LogP contribution in [0.3, 0.4) is 0 Å². The van der Waals surface area contributed by atoms with Crippen LogP contribution in [0.4, 0.5) is 0 Å². The number of benzene rings is 1. The molecule has 0 bridgehead atoms. The third-order valence-electron chi connectivity index (χ3n) is 6.39. The fourth-order valence-electron chi connectivity index (χ4n) is 4.49. The molecule has 26 heavy (non-hydrogen) atoms. The predicted molar refractivity (Wildman–Crippen MR) is 111 cm³/mol. The van der Waals surface area contributed by atoms with Gasteiger partial charge in [-0.1, -0.05) is 58.6 Å². The van der Waals surface area contributed by atoms with E-state index in [1.54, 1.807) is 0 Å². The van der Waals surface area contributed by atoms with E-state index in [0.29, 0.717) is 11.7 Å². The van der Waals surface area contributed by atoms with Gasteiger partial charge < -0.3 is 10.2 Å². The first-order chi connectivity index (χ1) is 12.5. The molecule has 0 saturated heterocycles. The van der Waals surface area contributed by atoms with Gasteiger partial charge in [-0.15, -0.1) is 0 Å². The van der Waals surface area contributed by atoms with Crippen molar-refractivity contribution in [1.82, 2.24) is 0 Å². The quantitative estimate of drug-likeness (QED) is 0.543. The molecule has 2 N–H and O–H groups in total. The van der Waals surface area contributed by atoms with E-state index in [-0.39, 0.29) is 6.10 Å². The number of fused-ring (bicyclic) bond motifs is 1. The molecule has 0 aliphatic heterocycles. The highest BCUT2D eigenvalue weighted by atomic mass is 16.3. The van der Waals surface area contributed by atoms with Gasteiger partial charge in [0.25, 0.3) is 0 Å². The average Bonchev–Trinajstić information content (AvgIpc) is 3.37. The first-order valence-electron chi connectivity index (χ1n) is 11.0. The Morgan fingerprint density at radius 3 is 2.04 bits per heavy atom. The maximum Gasteiger partial charge on any atom is 0.121 e. The van der Waals surface area contributed by atoms with Crippen molar-refractivity contribution in [3.05, 3.63) is 28.8 Å². The first kappa shape index (κ1) is 21.3. The normalized spacial score (nSPS) is 26.2. The van der Waals surface area contributed by atoms with E-state index >= 15 is 0 Å². The SMILES string of the molecule is CC1CC(O)C2CC12.CCCCCc1ccc(C)c(O)c1CCCCC. The molecule has 0 spiro atoms. The van der Waals surface area contributed by atoms with Gasteiger partial charge in [-0.2, -0.15) is 0 Å². The van der Waals surface area contributed by atoms with Crippen LogP contribution in [0, 0.1) is 24.7 Å². The molecule has 0 aromatic heterocycles. The lowest BCUT2D eigenvalue weighted by atomic mass is 9.94. The molecule has 2 heteroatoms. The number of aromatic hydroxyl groups is 1. The van der Waals surface area contributed by atoms with Gasteiger partial charge in [-0.05, 0) is 79.9 Å². The Bertz CT molecular complexity index is 535. The van der Waals surface area contributed by atoms with Crippen LogP contribution in [0.5, 0.6) is 5.75 Å². The minimum atomic E-state index is 0.0648. The number of phenols is 1. The van der Waals surface area contributed by atoms with Gasteiger partial charge in [0, 0.05) is 0 Å². The fourth-order valence-corrected chi connectivity index (χ4v) is 4.49. The molecule has 2 saturated carbocycles. The number of aliphatic hydroxyl groups is 1. The second-order valence-corrected chi connectivity index (χ2v) is 8.63. The molecule has 4 unspecified atom stereocenters. The van der Waals surface area contributed by atoms with E-state index in [2.05, 4.69) is 32.9 Å². The van der Waals surface area contributed by atoms with E-state index in [1.807, 2.05) is 6.92 Å². The van der Waals surface area contributed by atoms with Crippen molar-refractivity contribution in [2.24, 2.45) is 17.8 Å². The Balaban J connectivity index is 0.000000247. The van der Waals surface area contributed by atoms with Crippen LogP contribution in [-0.4, -0.2) is 16.3 Å². The molecule has 1 aromatic rings. The van der Waals surface area contributed by atoms with Crippen molar-refractivity contribution in [1.29, 1.82) is 0 Å². The molecule has 148 valence electrons. The minimum absolute atomic E-state index is 0.0648. The van der Waals surface area contributed by atoms with Crippen molar-refractivity contribution in [2.75, 3.05) is 0 Å². The van der Waals surface area contributed by atoms with E-state index in [9.17, 15) is 10.2 Å². The van der Waals surface area contributed by atoms with Gasteiger partial charge in [0.05, 0.1) is 6.10 Å². The summed E-state index contributed by atoms with van der Waals surface area (Å²) in [6, 6.07) is 4.27. The summed E-state index contributed by atoms with van der Waals surface area (Å²) in [6.45, 7) is 8.70. The molecule has 0 amide bonds. The number of aliphatic hydroxyl groups excluding tert-OH is 1. The van der Waals surface area contributed by atoms with Gasteiger partial charge in [0.15, 0.2) is 0 Å². The van der Waals surface area contributed by atoms with Gasteiger partial charge in [-0.25, -0.2) is 0 Å². The number of unbranched alkanes of at least 4 members (excludes halogenated alkanes) is 4. The van der Waals surface area contributed by atoms with Gasteiger partial charge in [0.2, 0.25) is 0 Å². The Morgan fingerprint density at radius 1 is 0.923 bits per heavy atom. The van der Waals surface area contributed by atoms with Crippen LogP contribution in [0.2, 0.25) is 0 Å². The van der Waals surface area contributed by atoms with Gasteiger partial charge >= 0.3 is 0 Å². The number of rotatable bonds is 8. The summed E-state index contributed by atoms with van der Waals surface area (Å²) in [4.78, 5) is 0.